The Kier molecular flexibility index (Phi) is 5.82. The van der Waals surface area contributed by atoms with Crippen molar-refractivity contribution in [3.63, 3.8) is 0 Å². The second-order valence-corrected chi connectivity index (χ2v) is 6.41. The zero-order valence-corrected chi connectivity index (χ0v) is 15.1. The van der Waals surface area contributed by atoms with Crippen LogP contribution in [0.2, 0.25) is 5.02 Å². The van der Waals surface area contributed by atoms with Crippen molar-refractivity contribution in [1.29, 1.82) is 0 Å². The van der Waals surface area contributed by atoms with E-state index in [4.69, 9.17) is 16.3 Å². The molecule has 2 rings (SSSR count). The minimum atomic E-state index is -1.64. The van der Waals surface area contributed by atoms with Gasteiger partial charge >= 0.3 is 0 Å². The Morgan fingerprint density at radius 1 is 1.04 bits per heavy atom. The first-order chi connectivity index (χ1) is 12.2. The number of nitrogens with one attached hydrogen (secondary N) is 2. The van der Waals surface area contributed by atoms with Gasteiger partial charge in [-0.3, -0.25) is 9.59 Å². The molecule has 5 nitrogen and oxygen atoms in total. The lowest BCUT2D eigenvalue weighted by Crippen LogP contribution is -2.42. The maximum Gasteiger partial charge on any atom is 0.239 e. The molecule has 26 heavy (non-hydrogen) atoms. The molecule has 0 fully saturated rings. The van der Waals surface area contributed by atoms with Crippen LogP contribution < -0.4 is 15.4 Å². The second-order valence-electron chi connectivity index (χ2n) is 5.97. The van der Waals surface area contributed by atoms with Gasteiger partial charge in [0.15, 0.2) is 0 Å². The number of amides is 2. The Morgan fingerprint density at radius 2 is 1.62 bits per heavy atom. The summed E-state index contributed by atoms with van der Waals surface area (Å²) in [5, 5.41) is 5.02. The molecular weight excluding hydrogens is 366 g/mol. The lowest BCUT2D eigenvalue weighted by atomic mass is 9.90. The molecule has 0 aromatic heterocycles. The summed E-state index contributed by atoms with van der Waals surface area (Å²) in [7, 11) is 1.41. The number of halogens is 3. The molecule has 0 aliphatic heterocycles. The van der Waals surface area contributed by atoms with Gasteiger partial charge < -0.3 is 15.4 Å². The fourth-order valence-electron chi connectivity index (χ4n) is 2.05. The summed E-state index contributed by atoms with van der Waals surface area (Å²) >= 11 is 5.91. The molecule has 8 heteroatoms. The van der Waals surface area contributed by atoms with Gasteiger partial charge in [0.05, 0.1) is 12.8 Å². The molecule has 0 aliphatic rings. The summed E-state index contributed by atoms with van der Waals surface area (Å²) in [4.78, 5) is 25.0. The highest BCUT2D eigenvalue weighted by atomic mass is 35.5. The zero-order valence-electron chi connectivity index (χ0n) is 14.3. The van der Waals surface area contributed by atoms with Gasteiger partial charge in [0.25, 0.3) is 0 Å². The van der Waals surface area contributed by atoms with Gasteiger partial charge in [-0.1, -0.05) is 17.7 Å². The van der Waals surface area contributed by atoms with Gasteiger partial charge in [0.2, 0.25) is 11.8 Å². The van der Waals surface area contributed by atoms with Crippen LogP contribution in [0.5, 0.6) is 5.75 Å². The number of rotatable bonds is 5. The van der Waals surface area contributed by atoms with Crippen molar-refractivity contribution in [2.24, 2.45) is 5.41 Å². The predicted octanol–water partition coefficient (Wildman–Crippen LogP) is 4.23. The molecule has 0 atom stereocenters. The van der Waals surface area contributed by atoms with E-state index in [-0.39, 0.29) is 5.69 Å². The second kappa shape index (κ2) is 7.70. The molecule has 0 saturated heterocycles. The normalized spacial score (nSPS) is 11.0. The van der Waals surface area contributed by atoms with E-state index < -0.39 is 34.6 Å². The Balaban J connectivity index is 2.22. The number of hydrogen-bond donors (Lipinski definition) is 2. The highest BCUT2D eigenvalue weighted by molar-refractivity contribution is 6.31. The summed E-state index contributed by atoms with van der Waals surface area (Å²) < 4.78 is 32.5. The smallest absolute Gasteiger partial charge is 0.239 e. The fourth-order valence-corrected chi connectivity index (χ4v) is 2.22. The van der Waals surface area contributed by atoms with Crippen LogP contribution in [0, 0.1) is 17.0 Å². The molecule has 0 unspecified atom stereocenters. The Morgan fingerprint density at radius 3 is 2.19 bits per heavy atom. The molecule has 2 N–H and O–H groups in total. The fraction of sp³-hybridized carbons (Fsp3) is 0.222. The minimum absolute atomic E-state index is 0.267. The largest absolute Gasteiger partial charge is 0.495 e. The number of benzene rings is 2. The first-order valence-electron chi connectivity index (χ1n) is 7.57. The highest BCUT2D eigenvalue weighted by Gasteiger charge is 2.37. The van der Waals surface area contributed by atoms with Crippen molar-refractivity contribution in [3.8, 4) is 5.75 Å². The third-order valence-electron chi connectivity index (χ3n) is 3.75. The summed E-state index contributed by atoms with van der Waals surface area (Å²) in [6.45, 7) is 2.65. The van der Waals surface area contributed by atoms with E-state index in [1.54, 1.807) is 12.1 Å². The lowest BCUT2D eigenvalue weighted by molar-refractivity contribution is -0.135. The Hall–Kier alpha value is -2.67. The average molecular weight is 383 g/mol. The molecule has 2 aromatic carbocycles. The van der Waals surface area contributed by atoms with E-state index >= 15 is 0 Å². The maximum atomic E-state index is 13.7. The number of anilines is 2. The number of methoxy groups -OCH3 is 1. The van der Waals surface area contributed by atoms with Crippen LogP contribution in [-0.4, -0.2) is 18.9 Å². The van der Waals surface area contributed by atoms with E-state index in [0.29, 0.717) is 10.8 Å². The Labute approximate surface area is 154 Å². The number of ether oxygens (including phenoxy) is 1. The number of hydrogen-bond acceptors (Lipinski definition) is 3. The van der Waals surface area contributed by atoms with Crippen LogP contribution in [0.1, 0.15) is 13.8 Å². The van der Waals surface area contributed by atoms with Gasteiger partial charge in [0, 0.05) is 5.02 Å². The third-order valence-corrected chi connectivity index (χ3v) is 3.98. The number of para-hydroxylation sites is 1. The van der Waals surface area contributed by atoms with E-state index in [9.17, 15) is 18.4 Å². The van der Waals surface area contributed by atoms with Gasteiger partial charge in [-0.2, -0.15) is 0 Å². The highest BCUT2D eigenvalue weighted by Crippen LogP contribution is 2.30. The van der Waals surface area contributed by atoms with Crippen molar-refractivity contribution >= 4 is 34.8 Å². The molecule has 0 spiro atoms. The van der Waals surface area contributed by atoms with Crippen LogP contribution in [0.15, 0.2) is 36.4 Å². The van der Waals surface area contributed by atoms with Crippen LogP contribution in [0.4, 0.5) is 20.2 Å². The standard InChI is InChI=1S/C18H17ClF2N2O3/c1-18(2,17(25)23-15-11(20)5-4-6-12(15)21)16(24)22-13-9-10(19)7-8-14(13)26-3/h4-9H,1-3H3,(H,22,24)(H,23,25). The summed E-state index contributed by atoms with van der Waals surface area (Å²) in [6, 6.07) is 7.77. The Bertz CT molecular complexity index is 836. The molecule has 0 aliphatic carbocycles. The van der Waals surface area contributed by atoms with Gasteiger partial charge in [-0.25, -0.2) is 8.78 Å². The van der Waals surface area contributed by atoms with Crippen LogP contribution in [-0.2, 0) is 9.59 Å². The van der Waals surface area contributed by atoms with Crippen LogP contribution in [0.3, 0.4) is 0 Å². The molecule has 0 bridgehead atoms. The number of carbonyl (C=O) groups is 2. The zero-order chi connectivity index (χ0) is 19.5. The average Bonchev–Trinajstić information content (AvgIpc) is 2.58. The molecule has 0 heterocycles. The van der Waals surface area contributed by atoms with E-state index in [0.717, 1.165) is 12.1 Å². The molecule has 0 radical (unpaired) electrons. The monoisotopic (exact) mass is 382 g/mol. The minimum Gasteiger partial charge on any atom is -0.495 e. The van der Waals surface area contributed by atoms with Crippen molar-refractivity contribution in [2.45, 2.75) is 13.8 Å². The van der Waals surface area contributed by atoms with Crippen molar-refractivity contribution in [1.82, 2.24) is 0 Å². The third kappa shape index (κ3) is 4.11. The van der Waals surface area contributed by atoms with Crippen LogP contribution >= 0.6 is 11.6 Å². The molecule has 138 valence electrons. The SMILES string of the molecule is COc1ccc(Cl)cc1NC(=O)C(C)(C)C(=O)Nc1c(F)cccc1F. The predicted molar refractivity (Wildman–Crippen MR) is 95.4 cm³/mol. The number of carbonyl (C=O) groups excluding carboxylic acids is 2. The van der Waals surface area contributed by atoms with Crippen molar-refractivity contribution in [2.75, 3.05) is 17.7 Å². The summed E-state index contributed by atoms with van der Waals surface area (Å²) in [5.74, 6) is -3.11. The topological polar surface area (TPSA) is 67.4 Å². The van der Waals surface area contributed by atoms with Gasteiger partial charge in [-0.15, -0.1) is 0 Å². The van der Waals surface area contributed by atoms with E-state index in [1.807, 2.05) is 0 Å². The maximum absolute atomic E-state index is 13.7. The van der Waals surface area contributed by atoms with Crippen molar-refractivity contribution < 1.29 is 23.1 Å². The van der Waals surface area contributed by atoms with E-state index in [2.05, 4.69) is 10.6 Å². The molecule has 2 amide bonds. The van der Waals surface area contributed by atoms with Crippen LogP contribution in [0.25, 0.3) is 0 Å². The van der Waals surface area contributed by atoms with Gasteiger partial charge in [-0.05, 0) is 44.2 Å². The summed E-state index contributed by atoms with van der Waals surface area (Å²) in [6.07, 6.45) is 0. The quantitative estimate of drug-likeness (QED) is 0.760. The summed E-state index contributed by atoms with van der Waals surface area (Å²) in [5.41, 5.74) is -1.98. The van der Waals surface area contributed by atoms with E-state index in [1.165, 1.54) is 33.1 Å². The van der Waals surface area contributed by atoms with Crippen molar-refractivity contribution in [3.05, 3.63) is 53.1 Å². The molecule has 0 saturated carbocycles. The lowest BCUT2D eigenvalue weighted by Gasteiger charge is -2.23. The molecular formula is C18H17ClF2N2O3. The first-order valence-corrected chi connectivity index (χ1v) is 7.95. The van der Waals surface area contributed by atoms with Gasteiger partial charge in [0.1, 0.15) is 28.5 Å². The molecule has 2 aromatic rings. The first kappa shape index (κ1) is 19.7.